The van der Waals surface area contributed by atoms with Gasteiger partial charge in [-0.05, 0) is 37.8 Å². The van der Waals surface area contributed by atoms with E-state index >= 15 is 0 Å². The van der Waals surface area contributed by atoms with Crippen LogP contribution in [0.15, 0.2) is 12.1 Å². The minimum Gasteiger partial charge on any atom is -0.487 e. The van der Waals surface area contributed by atoms with Gasteiger partial charge in [0.05, 0.1) is 7.11 Å². The van der Waals surface area contributed by atoms with Crippen molar-refractivity contribution in [1.82, 2.24) is 5.32 Å². The summed E-state index contributed by atoms with van der Waals surface area (Å²) >= 11 is 1.72. The number of methoxy groups -OCH3 is 1. The zero-order valence-corrected chi connectivity index (χ0v) is 9.56. The molecule has 1 heterocycles. The molecule has 1 N–H and O–H groups in total. The molecule has 1 aromatic heterocycles. The van der Waals surface area contributed by atoms with Crippen molar-refractivity contribution >= 4 is 11.3 Å². The maximum atomic E-state index is 5.15. The van der Waals surface area contributed by atoms with Crippen LogP contribution in [0.25, 0.3) is 0 Å². The van der Waals surface area contributed by atoms with E-state index in [-0.39, 0.29) is 0 Å². The van der Waals surface area contributed by atoms with Crippen LogP contribution in [0.2, 0.25) is 0 Å². The fourth-order valence-electron chi connectivity index (χ4n) is 1.59. The normalized spacial score (nSPS) is 18.1. The fourth-order valence-corrected chi connectivity index (χ4v) is 2.36. The average molecular weight is 211 g/mol. The van der Waals surface area contributed by atoms with E-state index in [1.807, 2.05) is 6.07 Å². The van der Waals surface area contributed by atoms with Crippen LogP contribution < -0.4 is 10.1 Å². The molecule has 3 heteroatoms. The number of hydrogen-bond acceptors (Lipinski definition) is 3. The van der Waals surface area contributed by atoms with E-state index in [1.54, 1.807) is 18.4 Å². The molecule has 1 saturated carbocycles. The number of hydrogen-bond donors (Lipinski definition) is 1. The molecule has 1 aromatic rings. The summed E-state index contributed by atoms with van der Waals surface area (Å²) in [6.45, 7) is 3.26. The molecule has 1 atom stereocenters. The highest BCUT2D eigenvalue weighted by Crippen LogP contribution is 2.32. The third-order valence-corrected chi connectivity index (χ3v) is 3.81. The second-order valence-electron chi connectivity index (χ2n) is 3.93. The molecule has 14 heavy (non-hydrogen) atoms. The lowest BCUT2D eigenvalue weighted by molar-refractivity contribution is 0.427. The Kier molecular flexibility index (Phi) is 3.08. The molecule has 0 saturated heterocycles. The lowest BCUT2D eigenvalue weighted by atomic mass is 10.2. The molecule has 2 rings (SSSR count). The van der Waals surface area contributed by atoms with E-state index in [0.717, 1.165) is 17.5 Å². The molecule has 0 spiro atoms. The van der Waals surface area contributed by atoms with Gasteiger partial charge in [0.25, 0.3) is 0 Å². The van der Waals surface area contributed by atoms with Crippen molar-refractivity contribution < 1.29 is 4.74 Å². The smallest absolute Gasteiger partial charge is 0.173 e. The van der Waals surface area contributed by atoms with Crippen LogP contribution in [0.3, 0.4) is 0 Å². The lowest BCUT2D eigenvalue weighted by Gasteiger charge is -2.10. The van der Waals surface area contributed by atoms with Gasteiger partial charge >= 0.3 is 0 Å². The Hall–Kier alpha value is -0.540. The minimum atomic E-state index is 0.670. The van der Waals surface area contributed by atoms with Crippen LogP contribution in [0.1, 0.15) is 24.6 Å². The van der Waals surface area contributed by atoms with Gasteiger partial charge in [0.2, 0.25) is 0 Å². The Morgan fingerprint density at radius 3 is 2.93 bits per heavy atom. The van der Waals surface area contributed by atoms with Gasteiger partial charge in [-0.1, -0.05) is 0 Å². The highest BCUT2D eigenvalue weighted by Gasteiger charge is 2.27. The Morgan fingerprint density at radius 1 is 1.57 bits per heavy atom. The summed E-state index contributed by atoms with van der Waals surface area (Å²) in [4.78, 5) is 1.36. The van der Waals surface area contributed by atoms with Gasteiger partial charge in [0, 0.05) is 17.5 Å². The first kappa shape index (κ1) is 9.99. The van der Waals surface area contributed by atoms with Crippen molar-refractivity contribution in [3.8, 4) is 5.06 Å². The summed E-state index contributed by atoms with van der Waals surface area (Å²) in [6.07, 6.45) is 2.81. The van der Waals surface area contributed by atoms with Gasteiger partial charge in [-0.15, -0.1) is 11.3 Å². The van der Waals surface area contributed by atoms with Gasteiger partial charge in [-0.3, -0.25) is 0 Å². The first-order valence-electron chi connectivity index (χ1n) is 5.15. The first-order valence-corrected chi connectivity index (χ1v) is 5.97. The molecular weight excluding hydrogens is 194 g/mol. The number of thiophene rings is 1. The topological polar surface area (TPSA) is 21.3 Å². The molecule has 2 nitrogen and oxygen atoms in total. The predicted molar refractivity (Wildman–Crippen MR) is 59.9 cm³/mol. The van der Waals surface area contributed by atoms with Crippen LogP contribution in [-0.4, -0.2) is 13.2 Å². The van der Waals surface area contributed by atoms with E-state index in [4.69, 9.17) is 4.74 Å². The summed E-state index contributed by atoms with van der Waals surface area (Å²) in [5, 5.41) is 4.55. The third kappa shape index (κ3) is 2.49. The Morgan fingerprint density at radius 2 is 2.36 bits per heavy atom. The largest absolute Gasteiger partial charge is 0.487 e. The van der Waals surface area contributed by atoms with Crippen molar-refractivity contribution in [2.45, 2.75) is 32.4 Å². The predicted octanol–water partition coefficient (Wildman–Crippen LogP) is 2.64. The van der Waals surface area contributed by atoms with Crippen LogP contribution in [0.4, 0.5) is 0 Å². The zero-order chi connectivity index (χ0) is 9.97. The molecule has 0 amide bonds. The van der Waals surface area contributed by atoms with Crippen LogP contribution in [0, 0.1) is 5.92 Å². The van der Waals surface area contributed by atoms with Crippen molar-refractivity contribution in [1.29, 1.82) is 0 Å². The first-order chi connectivity index (χ1) is 6.79. The van der Waals surface area contributed by atoms with Crippen LogP contribution in [0.5, 0.6) is 5.06 Å². The molecule has 78 valence electrons. The third-order valence-electron chi connectivity index (χ3n) is 2.77. The minimum absolute atomic E-state index is 0.670. The molecule has 1 unspecified atom stereocenters. The number of nitrogens with one attached hydrogen (secondary N) is 1. The maximum absolute atomic E-state index is 5.15. The second-order valence-corrected chi connectivity index (χ2v) is 5.06. The Labute approximate surface area is 89.3 Å². The standard InChI is InChI=1S/C11H17NOS/c1-8(9-3-4-9)12-7-10-5-6-11(13-2)14-10/h5-6,8-9,12H,3-4,7H2,1-2H3. The molecular formula is C11H17NOS. The Balaban J connectivity index is 1.78. The molecule has 1 fully saturated rings. The summed E-state index contributed by atoms with van der Waals surface area (Å²) in [6, 6.07) is 4.84. The van der Waals surface area contributed by atoms with E-state index in [1.165, 1.54) is 17.7 Å². The van der Waals surface area contributed by atoms with E-state index in [9.17, 15) is 0 Å². The van der Waals surface area contributed by atoms with Crippen molar-refractivity contribution in [3.63, 3.8) is 0 Å². The monoisotopic (exact) mass is 211 g/mol. The summed E-state index contributed by atoms with van der Waals surface area (Å²) < 4.78 is 5.15. The fraction of sp³-hybridized carbons (Fsp3) is 0.636. The van der Waals surface area contributed by atoms with Crippen LogP contribution in [-0.2, 0) is 6.54 Å². The molecule has 1 aliphatic carbocycles. The van der Waals surface area contributed by atoms with Gasteiger partial charge in [-0.25, -0.2) is 0 Å². The van der Waals surface area contributed by atoms with Crippen molar-refractivity contribution in [2.24, 2.45) is 5.92 Å². The van der Waals surface area contributed by atoms with E-state index in [2.05, 4.69) is 18.3 Å². The second kappa shape index (κ2) is 4.32. The van der Waals surface area contributed by atoms with E-state index in [0.29, 0.717) is 6.04 Å². The summed E-state index contributed by atoms with van der Waals surface area (Å²) in [5.41, 5.74) is 0. The average Bonchev–Trinajstić information content (AvgIpc) is 2.94. The van der Waals surface area contributed by atoms with Crippen molar-refractivity contribution in [3.05, 3.63) is 17.0 Å². The van der Waals surface area contributed by atoms with E-state index < -0.39 is 0 Å². The maximum Gasteiger partial charge on any atom is 0.173 e. The summed E-state index contributed by atoms with van der Waals surface area (Å²) in [5.74, 6) is 0.928. The van der Waals surface area contributed by atoms with Gasteiger partial charge in [0.1, 0.15) is 0 Å². The molecule has 0 aliphatic heterocycles. The number of ether oxygens (including phenoxy) is 1. The molecule has 0 radical (unpaired) electrons. The zero-order valence-electron chi connectivity index (χ0n) is 8.75. The Bertz CT molecular complexity index is 293. The van der Waals surface area contributed by atoms with Crippen molar-refractivity contribution in [2.75, 3.05) is 7.11 Å². The van der Waals surface area contributed by atoms with Gasteiger partial charge in [-0.2, -0.15) is 0 Å². The highest BCUT2D eigenvalue weighted by atomic mass is 32.1. The highest BCUT2D eigenvalue weighted by molar-refractivity contribution is 7.13. The molecule has 0 bridgehead atoms. The van der Waals surface area contributed by atoms with Gasteiger partial charge < -0.3 is 10.1 Å². The quantitative estimate of drug-likeness (QED) is 0.808. The van der Waals surface area contributed by atoms with Crippen LogP contribution >= 0.6 is 11.3 Å². The number of rotatable bonds is 5. The SMILES string of the molecule is COc1ccc(CNC(C)C2CC2)s1. The molecule has 1 aliphatic rings. The summed E-state index contributed by atoms with van der Waals surface area (Å²) in [7, 11) is 1.72. The molecule has 0 aromatic carbocycles. The lowest BCUT2D eigenvalue weighted by Crippen LogP contribution is -2.26. The van der Waals surface area contributed by atoms with Gasteiger partial charge in [0.15, 0.2) is 5.06 Å².